The molecule has 1 fully saturated rings. The fraction of sp³-hybridized carbons (Fsp3) is 0.625. The number of likely N-dealkylation sites (tertiary alicyclic amines) is 1. The van der Waals surface area contributed by atoms with E-state index in [1.54, 1.807) is 0 Å². The molecule has 0 aromatic heterocycles. The summed E-state index contributed by atoms with van der Waals surface area (Å²) in [5, 5.41) is 10.7. The number of aliphatic hydroxyl groups is 1. The van der Waals surface area contributed by atoms with Crippen molar-refractivity contribution in [3.63, 3.8) is 0 Å². The molecule has 2 aliphatic rings. The molecule has 1 aromatic carbocycles. The second-order valence-corrected chi connectivity index (χ2v) is 6.38. The van der Waals surface area contributed by atoms with Crippen LogP contribution in [0.5, 0.6) is 5.75 Å². The van der Waals surface area contributed by atoms with Crippen LogP contribution in [0.15, 0.2) is 18.2 Å². The van der Waals surface area contributed by atoms with Gasteiger partial charge in [0, 0.05) is 5.56 Å². The van der Waals surface area contributed by atoms with Gasteiger partial charge in [0.25, 0.3) is 0 Å². The highest BCUT2D eigenvalue weighted by Gasteiger charge is 2.45. The minimum Gasteiger partial charge on any atom is -0.485 e. The molecule has 2 aliphatic heterocycles. The fourth-order valence-electron chi connectivity index (χ4n) is 3.30. The van der Waals surface area contributed by atoms with Gasteiger partial charge in [-0.25, -0.2) is 0 Å². The van der Waals surface area contributed by atoms with E-state index in [9.17, 15) is 5.11 Å². The number of fused-ring (bicyclic) bond motifs is 1. The van der Waals surface area contributed by atoms with Crippen molar-refractivity contribution < 1.29 is 9.84 Å². The molecule has 1 N–H and O–H groups in total. The molecule has 0 unspecified atom stereocenters. The summed E-state index contributed by atoms with van der Waals surface area (Å²) in [6, 6.07) is 6.35. The summed E-state index contributed by atoms with van der Waals surface area (Å²) >= 11 is 0. The smallest absolute Gasteiger partial charge is 0.131 e. The number of hydrogen-bond acceptors (Lipinski definition) is 3. The lowest BCUT2D eigenvalue weighted by atomic mass is 9.85. The van der Waals surface area contributed by atoms with E-state index >= 15 is 0 Å². The van der Waals surface area contributed by atoms with Gasteiger partial charge >= 0.3 is 0 Å². The average molecular weight is 298 g/mol. The van der Waals surface area contributed by atoms with Gasteiger partial charge in [-0.2, -0.15) is 0 Å². The van der Waals surface area contributed by atoms with E-state index in [1.807, 2.05) is 19.9 Å². The molecular formula is C16H24ClNO2. The molecule has 3 rings (SSSR count). The standard InChI is InChI=1S/C16H23NO2.ClH/c1-11-6-7-13-12(10-11)14(17-8-4-5-9-17)15(18)16(2,3)19-13;/h6-7,10,14-15,18H,4-5,8-9H2,1-3H3;1H/t14-,15+;/m1./s1. The van der Waals surface area contributed by atoms with Crippen LogP contribution in [0.2, 0.25) is 0 Å². The molecule has 0 radical (unpaired) electrons. The first-order valence-corrected chi connectivity index (χ1v) is 7.21. The average Bonchev–Trinajstić information content (AvgIpc) is 2.85. The van der Waals surface area contributed by atoms with E-state index in [0.29, 0.717) is 0 Å². The Kier molecular flexibility index (Phi) is 4.33. The zero-order chi connectivity index (χ0) is 13.6. The normalized spacial score (nSPS) is 28.4. The van der Waals surface area contributed by atoms with Gasteiger partial charge in [-0.1, -0.05) is 17.7 Å². The van der Waals surface area contributed by atoms with Gasteiger partial charge in [0.15, 0.2) is 0 Å². The van der Waals surface area contributed by atoms with E-state index in [2.05, 4.69) is 24.0 Å². The van der Waals surface area contributed by atoms with Crippen molar-refractivity contribution in [1.29, 1.82) is 0 Å². The number of nitrogens with zero attached hydrogens (tertiary/aromatic N) is 1. The Labute approximate surface area is 127 Å². The number of hydrogen-bond donors (Lipinski definition) is 1. The highest BCUT2D eigenvalue weighted by molar-refractivity contribution is 5.85. The third kappa shape index (κ3) is 2.54. The first-order valence-electron chi connectivity index (χ1n) is 7.21. The number of aliphatic hydroxyl groups excluding tert-OH is 1. The Morgan fingerprint density at radius 1 is 1.25 bits per heavy atom. The van der Waals surface area contributed by atoms with Crippen LogP contribution in [0.1, 0.15) is 43.9 Å². The topological polar surface area (TPSA) is 32.7 Å². The summed E-state index contributed by atoms with van der Waals surface area (Å²) in [4.78, 5) is 2.41. The Bertz CT molecular complexity index is 483. The van der Waals surface area contributed by atoms with Crippen LogP contribution in [0, 0.1) is 6.92 Å². The van der Waals surface area contributed by atoms with Gasteiger partial charge in [-0.15, -0.1) is 12.4 Å². The van der Waals surface area contributed by atoms with Crippen LogP contribution >= 0.6 is 12.4 Å². The van der Waals surface area contributed by atoms with E-state index in [0.717, 1.165) is 24.4 Å². The minimum atomic E-state index is -0.532. The fourth-order valence-corrected chi connectivity index (χ4v) is 3.30. The van der Waals surface area contributed by atoms with Crippen molar-refractivity contribution in [3.05, 3.63) is 29.3 Å². The number of benzene rings is 1. The van der Waals surface area contributed by atoms with E-state index in [-0.39, 0.29) is 18.4 Å². The summed E-state index contributed by atoms with van der Waals surface area (Å²) in [6.07, 6.45) is 1.97. The van der Waals surface area contributed by atoms with E-state index in [4.69, 9.17) is 4.74 Å². The molecule has 1 saturated heterocycles. The molecule has 1 aromatic rings. The first-order chi connectivity index (χ1) is 8.99. The maximum absolute atomic E-state index is 10.7. The van der Waals surface area contributed by atoms with Gasteiger partial charge in [0.05, 0.1) is 6.04 Å². The molecule has 0 spiro atoms. The third-order valence-corrected chi connectivity index (χ3v) is 4.40. The van der Waals surface area contributed by atoms with Crippen LogP contribution in [0.4, 0.5) is 0 Å². The van der Waals surface area contributed by atoms with Gasteiger partial charge in [0.2, 0.25) is 0 Å². The lowest BCUT2D eigenvalue weighted by Gasteiger charge is -2.45. The molecule has 3 nitrogen and oxygen atoms in total. The molecule has 2 atom stereocenters. The van der Waals surface area contributed by atoms with Gasteiger partial charge in [-0.3, -0.25) is 4.90 Å². The number of ether oxygens (including phenoxy) is 1. The summed E-state index contributed by atoms with van der Waals surface area (Å²) in [5.74, 6) is 0.929. The van der Waals surface area contributed by atoms with Crippen LogP contribution in [-0.4, -0.2) is 34.8 Å². The van der Waals surface area contributed by atoms with Crippen molar-refractivity contribution in [1.82, 2.24) is 4.90 Å². The highest BCUT2D eigenvalue weighted by Crippen LogP contribution is 2.44. The molecule has 2 heterocycles. The van der Waals surface area contributed by atoms with Crippen molar-refractivity contribution in [2.75, 3.05) is 13.1 Å². The number of aryl methyl sites for hydroxylation is 1. The van der Waals surface area contributed by atoms with Crippen molar-refractivity contribution in [2.45, 2.75) is 51.4 Å². The maximum atomic E-state index is 10.7. The summed E-state index contributed by atoms with van der Waals surface area (Å²) < 4.78 is 6.00. The second kappa shape index (κ2) is 5.55. The van der Waals surface area contributed by atoms with Gasteiger partial charge < -0.3 is 9.84 Å². The number of halogens is 1. The molecule has 0 aliphatic carbocycles. The predicted molar refractivity (Wildman–Crippen MR) is 82.7 cm³/mol. The minimum absolute atomic E-state index is 0. The molecule has 0 amide bonds. The van der Waals surface area contributed by atoms with Crippen LogP contribution in [-0.2, 0) is 0 Å². The molecular weight excluding hydrogens is 274 g/mol. The zero-order valence-electron chi connectivity index (χ0n) is 12.4. The summed E-state index contributed by atoms with van der Waals surface area (Å²) in [6.45, 7) is 8.19. The molecule has 112 valence electrons. The van der Waals surface area contributed by atoms with Crippen molar-refractivity contribution in [3.8, 4) is 5.75 Å². The van der Waals surface area contributed by atoms with Gasteiger partial charge in [0.1, 0.15) is 17.5 Å². The Balaban J connectivity index is 0.00000147. The first kappa shape index (κ1) is 15.6. The summed E-state index contributed by atoms with van der Waals surface area (Å²) in [7, 11) is 0. The Hall–Kier alpha value is -0.770. The predicted octanol–water partition coefficient (Wildman–Crippen LogP) is 3.09. The van der Waals surface area contributed by atoms with Crippen molar-refractivity contribution in [2.24, 2.45) is 0 Å². The molecule has 20 heavy (non-hydrogen) atoms. The van der Waals surface area contributed by atoms with Crippen LogP contribution in [0.3, 0.4) is 0 Å². The SMILES string of the molecule is Cc1ccc2c(c1)[C@@H](N1CCCC1)[C@H](O)C(C)(C)O2.Cl. The monoisotopic (exact) mass is 297 g/mol. The third-order valence-electron chi connectivity index (χ3n) is 4.40. The van der Waals surface area contributed by atoms with Crippen LogP contribution in [0.25, 0.3) is 0 Å². The quantitative estimate of drug-likeness (QED) is 0.865. The van der Waals surface area contributed by atoms with E-state index in [1.165, 1.54) is 18.4 Å². The molecule has 0 bridgehead atoms. The van der Waals surface area contributed by atoms with E-state index < -0.39 is 11.7 Å². The van der Waals surface area contributed by atoms with Crippen molar-refractivity contribution >= 4 is 12.4 Å². The second-order valence-electron chi connectivity index (χ2n) is 6.38. The van der Waals surface area contributed by atoms with Gasteiger partial charge in [-0.05, 0) is 52.8 Å². The largest absolute Gasteiger partial charge is 0.485 e. The molecule has 0 saturated carbocycles. The molecule has 4 heteroatoms. The Morgan fingerprint density at radius 3 is 2.55 bits per heavy atom. The summed E-state index contributed by atoms with van der Waals surface area (Å²) in [5.41, 5.74) is 1.84. The maximum Gasteiger partial charge on any atom is 0.131 e. The Morgan fingerprint density at radius 2 is 1.90 bits per heavy atom. The number of rotatable bonds is 1. The zero-order valence-corrected chi connectivity index (χ0v) is 13.2. The highest BCUT2D eigenvalue weighted by atomic mass is 35.5. The van der Waals surface area contributed by atoms with Crippen LogP contribution < -0.4 is 4.74 Å². The lowest BCUT2D eigenvalue weighted by Crippen LogP contribution is -2.53. The lowest BCUT2D eigenvalue weighted by molar-refractivity contribution is -0.0895.